The van der Waals surface area contributed by atoms with E-state index in [1.807, 2.05) is 18.2 Å². The van der Waals surface area contributed by atoms with Crippen LogP contribution in [0.15, 0.2) is 58.7 Å². The third-order valence-corrected chi connectivity index (χ3v) is 4.82. The zero-order valence-electron chi connectivity index (χ0n) is 16.3. The van der Waals surface area contributed by atoms with Gasteiger partial charge in [0.1, 0.15) is 22.8 Å². The molecule has 4 rings (SSSR count). The molecular weight excluding hydrogens is 388 g/mol. The van der Waals surface area contributed by atoms with Gasteiger partial charge in [-0.2, -0.15) is 0 Å². The summed E-state index contributed by atoms with van der Waals surface area (Å²) in [6, 6.07) is 11.6. The minimum atomic E-state index is -0.801. The molecule has 0 atom stereocenters. The zero-order chi connectivity index (χ0) is 21.3. The summed E-state index contributed by atoms with van der Waals surface area (Å²) in [5.74, 6) is 0.00668. The average molecular weight is 406 g/mol. The van der Waals surface area contributed by atoms with Crippen molar-refractivity contribution in [2.75, 3.05) is 14.2 Å². The van der Waals surface area contributed by atoms with Crippen LogP contribution in [-0.2, 0) is 16.1 Å². The predicted molar refractivity (Wildman–Crippen MR) is 108 cm³/mol. The number of barbiturate groups is 1. The number of nitrogens with one attached hydrogen (secondary N) is 1. The van der Waals surface area contributed by atoms with Gasteiger partial charge in [0.2, 0.25) is 0 Å². The molecule has 3 aromatic rings. The lowest BCUT2D eigenvalue weighted by Gasteiger charge is -2.25. The Labute approximate surface area is 171 Å². The third-order valence-electron chi connectivity index (χ3n) is 4.82. The van der Waals surface area contributed by atoms with Crippen molar-refractivity contribution >= 4 is 34.7 Å². The standard InChI is InChI=1S/C22H18N2O6/c1-28-14-7-5-13-6-8-19(29-2)17(16(13)10-14)11-18-20(25)23-22(27)24(21(18)26)12-15-4-3-9-30-15/h3-11H,12H2,1-2H3,(H,23,25,27)/b18-11+. The minimum absolute atomic E-state index is 0.0945. The first-order valence-electron chi connectivity index (χ1n) is 9.08. The molecule has 0 unspecified atom stereocenters. The quantitative estimate of drug-likeness (QED) is 0.516. The van der Waals surface area contributed by atoms with E-state index in [9.17, 15) is 14.4 Å². The van der Waals surface area contributed by atoms with E-state index in [0.29, 0.717) is 22.8 Å². The van der Waals surface area contributed by atoms with Gasteiger partial charge in [0, 0.05) is 5.56 Å². The van der Waals surface area contributed by atoms with Crippen molar-refractivity contribution in [1.82, 2.24) is 10.2 Å². The predicted octanol–water partition coefficient (Wildman–Crippen LogP) is 3.11. The van der Waals surface area contributed by atoms with Gasteiger partial charge >= 0.3 is 6.03 Å². The second-order valence-electron chi connectivity index (χ2n) is 6.56. The van der Waals surface area contributed by atoms with E-state index in [1.165, 1.54) is 19.4 Å². The summed E-state index contributed by atoms with van der Waals surface area (Å²) in [5, 5.41) is 3.81. The highest BCUT2D eigenvalue weighted by molar-refractivity contribution is 6.31. The van der Waals surface area contributed by atoms with E-state index in [4.69, 9.17) is 13.9 Å². The lowest BCUT2D eigenvalue weighted by molar-refractivity contribution is -0.130. The number of fused-ring (bicyclic) bond motifs is 1. The Morgan fingerprint density at radius 2 is 1.87 bits per heavy atom. The summed E-state index contributed by atoms with van der Waals surface area (Å²) >= 11 is 0. The van der Waals surface area contributed by atoms with Crippen LogP contribution >= 0.6 is 0 Å². The Bertz CT molecular complexity index is 1170. The second kappa shape index (κ2) is 7.75. The fourth-order valence-electron chi connectivity index (χ4n) is 3.30. The Morgan fingerprint density at radius 1 is 1.07 bits per heavy atom. The molecule has 1 fully saturated rings. The first kappa shape index (κ1) is 19.3. The van der Waals surface area contributed by atoms with Gasteiger partial charge in [0.05, 0.1) is 27.0 Å². The van der Waals surface area contributed by atoms with Crippen LogP contribution in [0.4, 0.5) is 4.79 Å². The molecule has 0 spiro atoms. The SMILES string of the molecule is COc1ccc2ccc(OC)c(/C=C3\C(=O)NC(=O)N(Cc4ccco4)C3=O)c2c1. The highest BCUT2D eigenvalue weighted by atomic mass is 16.5. The zero-order valence-corrected chi connectivity index (χ0v) is 16.3. The van der Waals surface area contributed by atoms with Crippen molar-refractivity contribution in [3.8, 4) is 11.5 Å². The van der Waals surface area contributed by atoms with Crippen LogP contribution in [0, 0.1) is 0 Å². The lowest BCUT2D eigenvalue weighted by atomic mass is 9.99. The number of furan rings is 1. The van der Waals surface area contributed by atoms with Gasteiger partial charge < -0.3 is 13.9 Å². The molecule has 1 aliphatic rings. The Hall–Kier alpha value is -4.07. The molecule has 30 heavy (non-hydrogen) atoms. The molecule has 0 aliphatic carbocycles. The maximum absolute atomic E-state index is 13.0. The molecule has 1 N–H and O–H groups in total. The number of ether oxygens (including phenoxy) is 2. The Morgan fingerprint density at radius 3 is 2.57 bits per heavy atom. The molecule has 2 aromatic carbocycles. The first-order chi connectivity index (χ1) is 14.5. The summed E-state index contributed by atoms with van der Waals surface area (Å²) in [6.07, 6.45) is 2.87. The van der Waals surface area contributed by atoms with Gasteiger partial charge in [-0.1, -0.05) is 12.1 Å². The van der Waals surface area contributed by atoms with E-state index in [-0.39, 0.29) is 12.1 Å². The van der Waals surface area contributed by atoms with Gasteiger partial charge in [-0.05, 0) is 47.2 Å². The number of carbonyl (C=O) groups excluding carboxylic acids is 3. The van der Waals surface area contributed by atoms with Crippen molar-refractivity contribution < 1.29 is 28.3 Å². The molecule has 2 heterocycles. The maximum atomic E-state index is 13.0. The third kappa shape index (κ3) is 3.39. The number of carbonyl (C=O) groups is 3. The second-order valence-corrected chi connectivity index (χ2v) is 6.56. The van der Waals surface area contributed by atoms with Crippen molar-refractivity contribution in [1.29, 1.82) is 0 Å². The van der Waals surface area contributed by atoms with Gasteiger partial charge in [-0.25, -0.2) is 4.79 Å². The van der Waals surface area contributed by atoms with E-state index < -0.39 is 17.8 Å². The highest BCUT2D eigenvalue weighted by Gasteiger charge is 2.36. The fourth-order valence-corrected chi connectivity index (χ4v) is 3.30. The van der Waals surface area contributed by atoms with Gasteiger partial charge in [0.15, 0.2) is 0 Å². The number of amides is 4. The normalized spacial score (nSPS) is 15.6. The van der Waals surface area contributed by atoms with Crippen LogP contribution in [0.3, 0.4) is 0 Å². The van der Waals surface area contributed by atoms with E-state index in [1.54, 1.807) is 31.4 Å². The van der Waals surface area contributed by atoms with Gasteiger partial charge in [0.25, 0.3) is 11.8 Å². The number of hydrogen-bond donors (Lipinski definition) is 1. The smallest absolute Gasteiger partial charge is 0.331 e. The number of hydrogen-bond acceptors (Lipinski definition) is 6. The molecule has 1 aromatic heterocycles. The first-order valence-corrected chi connectivity index (χ1v) is 9.08. The minimum Gasteiger partial charge on any atom is -0.497 e. The molecule has 1 saturated heterocycles. The molecule has 0 saturated carbocycles. The van der Waals surface area contributed by atoms with Crippen LogP contribution < -0.4 is 14.8 Å². The van der Waals surface area contributed by atoms with Crippen molar-refractivity contribution in [2.24, 2.45) is 0 Å². The number of rotatable bonds is 5. The number of benzene rings is 2. The Balaban J connectivity index is 1.82. The van der Waals surface area contributed by atoms with Crippen LogP contribution in [0.1, 0.15) is 11.3 Å². The summed E-state index contributed by atoms with van der Waals surface area (Å²) in [4.78, 5) is 38.6. The number of urea groups is 1. The van der Waals surface area contributed by atoms with Crippen LogP contribution in [0.5, 0.6) is 11.5 Å². The maximum Gasteiger partial charge on any atom is 0.331 e. The molecule has 0 bridgehead atoms. The highest BCUT2D eigenvalue weighted by Crippen LogP contribution is 2.33. The molecular formula is C22H18N2O6. The van der Waals surface area contributed by atoms with Gasteiger partial charge in [-0.3, -0.25) is 19.8 Å². The molecule has 0 radical (unpaired) electrons. The van der Waals surface area contributed by atoms with E-state index in [2.05, 4.69) is 5.32 Å². The average Bonchev–Trinajstić information content (AvgIpc) is 3.26. The summed E-state index contributed by atoms with van der Waals surface area (Å²) in [7, 11) is 3.05. The number of nitrogens with zero attached hydrogens (tertiary/aromatic N) is 1. The summed E-state index contributed by atoms with van der Waals surface area (Å²) in [5.41, 5.74) is 0.342. The van der Waals surface area contributed by atoms with Crippen LogP contribution in [0.25, 0.3) is 16.8 Å². The summed E-state index contributed by atoms with van der Waals surface area (Å²) in [6.45, 7) is -0.0945. The van der Waals surface area contributed by atoms with E-state index in [0.717, 1.165) is 15.7 Å². The lowest BCUT2D eigenvalue weighted by Crippen LogP contribution is -2.53. The topological polar surface area (TPSA) is 98.1 Å². The van der Waals surface area contributed by atoms with Crippen LogP contribution in [-0.4, -0.2) is 37.0 Å². The molecule has 8 nitrogen and oxygen atoms in total. The molecule has 8 heteroatoms. The van der Waals surface area contributed by atoms with Gasteiger partial charge in [-0.15, -0.1) is 0 Å². The monoisotopic (exact) mass is 406 g/mol. The van der Waals surface area contributed by atoms with Crippen molar-refractivity contribution in [3.05, 3.63) is 65.6 Å². The van der Waals surface area contributed by atoms with E-state index >= 15 is 0 Å². The van der Waals surface area contributed by atoms with Crippen molar-refractivity contribution in [3.63, 3.8) is 0 Å². The van der Waals surface area contributed by atoms with Crippen LogP contribution in [0.2, 0.25) is 0 Å². The molecule has 4 amide bonds. The Kier molecular flexibility index (Phi) is 4.97. The molecule has 152 valence electrons. The largest absolute Gasteiger partial charge is 0.497 e. The summed E-state index contributed by atoms with van der Waals surface area (Å²) < 4.78 is 16.0. The van der Waals surface area contributed by atoms with Crippen molar-refractivity contribution in [2.45, 2.75) is 6.54 Å². The number of methoxy groups -OCH3 is 2. The fraction of sp³-hybridized carbons (Fsp3) is 0.136. The number of imide groups is 2. The molecule has 1 aliphatic heterocycles.